The molecule has 9 nitrogen and oxygen atoms in total. The van der Waals surface area contributed by atoms with E-state index >= 15 is 0 Å². The van der Waals surface area contributed by atoms with Crippen molar-refractivity contribution in [3.63, 3.8) is 0 Å². The third-order valence-corrected chi connectivity index (χ3v) is 5.57. The van der Waals surface area contributed by atoms with Crippen LogP contribution in [0.15, 0.2) is 53.3 Å². The quantitative estimate of drug-likeness (QED) is 0.527. The molecule has 0 radical (unpaired) electrons. The van der Waals surface area contributed by atoms with Gasteiger partial charge in [0.2, 0.25) is 6.79 Å². The normalized spacial score (nSPS) is 20.7. The van der Waals surface area contributed by atoms with E-state index in [0.29, 0.717) is 13.5 Å². The first-order valence-corrected chi connectivity index (χ1v) is 9.90. The zero-order chi connectivity index (χ0) is 19.6. The van der Waals surface area contributed by atoms with Crippen LogP contribution >= 0.6 is 0 Å². The predicted octanol–water partition coefficient (Wildman–Crippen LogP) is -1.90. The summed E-state index contributed by atoms with van der Waals surface area (Å²) in [5, 5.41) is 8.10. The van der Waals surface area contributed by atoms with Crippen molar-refractivity contribution in [2.45, 2.75) is 13.2 Å². The van der Waals surface area contributed by atoms with E-state index in [2.05, 4.69) is 22.6 Å². The van der Waals surface area contributed by atoms with Gasteiger partial charge in [0, 0.05) is 5.56 Å². The van der Waals surface area contributed by atoms with Crippen LogP contribution < -0.4 is 25.0 Å². The molecule has 1 aromatic heterocycles. The number of aromatic nitrogens is 4. The van der Waals surface area contributed by atoms with Crippen LogP contribution in [0.25, 0.3) is 5.69 Å². The number of tetrazole rings is 1. The number of ether oxygens (including phenoxy) is 2. The van der Waals surface area contributed by atoms with Crippen molar-refractivity contribution in [3.05, 3.63) is 64.6 Å². The van der Waals surface area contributed by atoms with Crippen molar-refractivity contribution in [2.24, 2.45) is 0 Å². The fourth-order valence-electron chi connectivity index (χ4n) is 3.95. The van der Waals surface area contributed by atoms with Crippen molar-refractivity contribution in [3.8, 4) is 17.2 Å². The third-order valence-electron chi connectivity index (χ3n) is 5.57. The highest BCUT2D eigenvalue weighted by Crippen LogP contribution is 2.32. The Kier molecular flexibility index (Phi) is 4.74. The molecule has 0 saturated carbocycles. The minimum atomic E-state index is -0.196. The third kappa shape index (κ3) is 3.74. The van der Waals surface area contributed by atoms with Gasteiger partial charge in [-0.1, -0.05) is 18.2 Å². The van der Waals surface area contributed by atoms with Gasteiger partial charge in [-0.05, 0) is 40.8 Å². The molecule has 0 aliphatic carbocycles. The van der Waals surface area contributed by atoms with Crippen LogP contribution in [0, 0.1) is 0 Å². The van der Waals surface area contributed by atoms with Crippen LogP contribution in [0.2, 0.25) is 0 Å². The highest BCUT2D eigenvalue weighted by Gasteiger charge is 2.25. The lowest BCUT2D eigenvalue weighted by Crippen LogP contribution is -3.27. The topological polar surface area (TPSA) is 80.1 Å². The summed E-state index contributed by atoms with van der Waals surface area (Å²) in [7, 11) is 0. The molecule has 3 aromatic rings. The molecule has 1 saturated heterocycles. The zero-order valence-corrected chi connectivity index (χ0v) is 16.1. The Morgan fingerprint density at radius 3 is 2.48 bits per heavy atom. The summed E-state index contributed by atoms with van der Waals surface area (Å²) in [6.45, 7) is 5.89. The number of hydrogen-bond acceptors (Lipinski definition) is 5. The van der Waals surface area contributed by atoms with Crippen LogP contribution in [0.3, 0.4) is 0 Å². The molecule has 0 atom stereocenters. The average Bonchev–Trinajstić information content (AvgIpc) is 3.37. The van der Waals surface area contributed by atoms with Gasteiger partial charge in [0.05, 0.1) is 5.69 Å². The van der Waals surface area contributed by atoms with Crippen molar-refractivity contribution in [1.29, 1.82) is 0 Å². The number of nitrogens with zero attached hydrogens (tertiary/aromatic N) is 4. The van der Waals surface area contributed by atoms with Gasteiger partial charge in [0.25, 0.3) is 0 Å². The van der Waals surface area contributed by atoms with Crippen LogP contribution in [0.1, 0.15) is 5.56 Å². The van der Waals surface area contributed by atoms with E-state index in [1.54, 1.807) is 0 Å². The number of hydrogen-bond donors (Lipinski definition) is 2. The van der Waals surface area contributed by atoms with Gasteiger partial charge in [-0.15, -0.1) is 4.68 Å². The Morgan fingerprint density at radius 2 is 1.66 bits per heavy atom. The lowest BCUT2D eigenvalue weighted by atomic mass is 10.1. The molecule has 2 N–H and O–H groups in total. The molecule has 5 rings (SSSR count). The molecule has 2 aromatic carbocycles. The molecule has 0 unspecified atom stereocenters. The molecule has 29 heavy (non-hydrogen) atoms. The van der Waals surface area contributed by atoms with E-state index in [-0.39, 0.29) is 5.69 Å². The first-order chi connectivity index (χ1) is 14.3. The van der Waals surface area contributed by atoms with E-state index in [9.17, 15) is 4.79 Å². The van der Waals surface area contributed by atoms with Crippen molar-refractivity contribution < 1.29 is 19.3 Å². The molecule has 9 heteroatoms. The molecule has 2 aliphatic heterocycles. The Labute approximate surface area is 167 Å². The lowest BCUT2D eigenvalue weighted by molar-refractivity contribution is -1.03. The van der Waals surface area contributed by atoms with Gasteiger partial charge in [-0.3, -0.25) is 0 Å². The van der Waals surface area contributed by atoms with Gasteiger partial charge in [0.15, 0.2) is 18.2 Å². The average molecular weight is 396 g/mol. The maximum absolute atomic E-state index is 12.6. The largest absolute Gasteiger partial charge is 0.454 e. The molecule has 1 fully saturated rings. The van der Waals surface area contributed by atoms with Crippen molar-refractivity contribution in [1.82, 2.24) is 19.8 Å². The fraction of sp³-hybridized carbons (Fsp3) is 0.350. The number of quaternary nitrogens is 2. The number of rotatable bonds is 5. The highest BCUT2D eigenvalue weighted by molar-refractivity contribution is 5.44. The summed E-state index contributed by atoms with van der Waals surface area (Å²) in [6, 6.07) is 15.6. The number of nitrogens with one attached hydrogen (secondary N) is 2. The summed E-state index contributed by atoms with van der Waals surface area (Å²) in [5.74, 6) is 1.67. The van der Waals surface area contributed by atoms with E-state index < -0.39 is 0 Å². The van der Waals surface area contributed by atoms with E-state index in [1.165, 1.54) is 24.7 Å². The maximum atomic E-state index is 12.6. The van der Waals surface area contributed by atoms with Crippen molar-refractivity contribution >= 4 is 0 Å². The first-order valence-electron chi connectivity index (χ1n) is 9.90. The second kappa shape index (κ2) is 7.69. The van der Waals surface area contributed by atoms with Crippen LogP contribution in [0.5, 0.6) is 11.5 Å². The maximum Gasteiger partial charge on any atom is 0.373 e. The summed E-state index contributed by atoms with van der Waals surface area (Å²) >= 11 is 0. The summed E-state index contributed by atoms with van der Waals surface area (Å²) in [6.07, 6.45) is 0. The molecule has 150 valence electrons. The predicted molar refractivity (Wildman–Crippen MR) is 103 cm³/mol. The van der Waals surface area contributed by atoms with E-state index in [1.807, 2.05) is 36.4 Å². The van der Waals surface area contributed by atoms with Crippen molar-refractivity contribution in [2.75, 3.05) is 33.0 Å². The highest BCUT2D eigenvalue weighted by atomic mass is 16.7. The molecule has 0 amide bonds. The Bertz CT molecular complexity index is 1040. The first kappa shape index (κ1) is 17.9. The molecule has 3 heterocycles. The van der Waals surface area contributed by atoms with Gasteiger partial charge in [0.1, 0.15) is 32.7 Å². The molecular formula is C20H24N6O3+2. The van der Waals surface area contributed by atoms with Crippen LogP contribution in [0.4, 0.5) is 0 Å². The molecular weight excluding hydrogens is 372 g/mol. The second-order valence-corrected chi connectivity index (χ2v) is 7.53. The molecule has 2 aliphatic rings. The van der Waals surface area contributed by atoms with Gasteiger partial charge < -0.3 is 19.3 Å². The van der Waals surface area contributed by atoms with Crippen LogP contribution in [-0.4, -0.2) is 52.8 Å². The Balaban J connectivity index is 1.18. The van der Waals surface area contributed by atoms with Gasteiger partial charge in [-0.25, -0.2) is 4.79 Å². The molecule has 0 bridgehead atoms. The number of piperazine rings is 1. The number of para-hydroxylation sites is 1. The minimum absolute atomic E-state index is 0.196. The van der Waals surface area contributed by atoms with Crippen LogP contribution in [-0.2, 0) is 13.2 Å². The fourth-order valence-corrected chi connectivity index (χ4v) is 3.95. The SMILES string of the molecule is O=c1n(C[NH+]2CC[NH+](Cc3ccc4c(c3)OCO4)CC2)nnn1-c1ccccc1. The van der Waals surface area contributed by atoms with E-state index in [0.717, 1.165) is 49.9 Å². The summed E-state index contributed by atoms with van der Waals surface area (Å²) in [4.78, 5) is 15.5. The summed E-state index contributed by atoms with van der Waals surface area (Å²) < 4.78 is 13.7. The monoisotopic (exact) mass is 396 g/mol. The standard InChI is InChI=1S/C20H22N6O3/c27-20-25(21-22-26(20)17-4-2-1-3-5-17)14-24-10-8-23(9-11-24)13-16-6-7-18-19(12-16)29-15-28-18/h1-7,12H,8-11,13-15H2/p+2. The number of fused-ring (bicyclic) bond motifs is 1. The van der Waals surface area contributed by atoms with E-state index in [4.69, 9.17) is 9.47 Å². The smallest absolute Gasteiger partial charge is 0.373 e. The minimum Gasteiger partial charge on any atom is -0.454 e. The van der Waals surface area contributed by atoms with Gasteiger partial charge >= 0.3 is 5.69 Å². The van der Waals surface area contributed by atoms with Gasteiger partial charge in [-0.2, -0.15) is 4.68 Å². The lowest BCUT2D eigenvalue weighted by Gasteiger charge is -2.29. The Morgan fingerprint density at radius 1 is 0.897 bits per heavy atom. The zero-order valence-electron chi connectivity index (χ0n) is 16.1. The summed E-state index contributed by atoms with van der Waals surface area (Å²) in [5.41, 5.74) is 1.80. The second-order valence-electron chi connectivity index (χ2n) is 7.53. The molecule has 0 spiro atoms. The number of benzene rings is 2. The Hall–Kier alpha value is -3.17.